The van der Waals surface area contributed by atoms with Crippen LogP contribution in [0.4, 0.5) is 0 Å². The Balaban J connectivity index is 1.94. The minimum atomic E-state index is 0.124. The number of rotatable bonds is 3. The Labute approximate surface area is 153 Å². The molecule has 1 nitrogen and oxygen atoms in total. The van der Waals surface area contributed by atoms with Gasteiger partial charge in [0.15, 0.2) is 0 Å². The zero-order valence-corrected chi connectivity index (χ0v) is 15.9. The summed E-state index contributed by atoms with van der Waals surface area (Å²) < 4.78 is 0. The molecule has 0 bridgehead atoms. The molecule has 0 spiro atoms. The van der Waals surface area contributed by atoms with E-state index in [1.54, 1.807) is 0 Å². The third-order valence-corrected chi connectivity index (χ3v) is 5.64. The number of pyridine rings is 1. The number of benzene rings is 2. The van der Waals surface area contributed by atoms with Crippen molar-refractivity contribution in [1.29, 1.82) is 0 Å². The third-order valence-electron chi connectivity index (χ3n) is 5.64. The lowest BCUT2D eigenvalue weighted by molar-refractivity contribution is 0.358. The molecule has 3 heteroatoms. The van der Waals surface area contributed by atoms with Crippen LogP contribution in [-0.4, -0.2) is 20.7 Å². The highest BCUT2D eigenvalue weighted by atomic mass is 14.7. The highest BCUT2D eigenvalue weighted by Crippen LogP contribution is 2.36. The molecule has 3 aromatic rings. The second-order valence-electron chi connectivity index (χ2n) is 8.25. The van der Waals surface area contributed by atoms with E-state index in [1.165, 1.54) is 16.7 Å². The highest BCUT2D eigenvalue weighted by molar-refractivity contribution is 6.40. The lowest BCUT2D eigenvalue weighted by Crippen LogP contribution is -2.41. The van der Waals surface area contributed by atoms with Crippen molar-refractivity contribution >= 4 is 15.7 Å². The summed E-state index contributed by atoms with van der Waals surface area (Å²) in [7, 11) is 4.64. The number of hydrogen-bond acceptors (Lipinski definition) is 1. The van der Waals surface area contributed by atoms with Gasteiger partial charge in [0.2, 0.25) is 0 Å². The molecule has 0 amide bonds. The van der Waals surface area contributed by atoms with Crippen molar-refractivity contribution in [2.24, 2.45) is 5.41 Å². The minimum absolute atomic E-state index is 0.124. The van der Waals surface area contributed by atoms with Crippen molar-refractivity contribution in [1.82, 2.24) is 4.98 Å². The van der Waals surface area contributed by atoms with Crippen molar-refractivity contribution in [3.63, 3.8) is 0 Å². The predicted molar refractivity (Wildman–Crippen MR) is 113 cm³/mol. The van der Waals surface area contributed by atoms with E-state index in [0.29, 0.717) is 0 Å². The van der Waals surface area contributed by atoms with Gasteiger partial charge in [-0.15, -0.1) is 0 Å². The van der Waals surface area contributed by atoms with Gasteiger partial charge >= 0.3 is 0 Å². The van der Waals surface area contributed by atoms with E-state index in [4.69, 9.17) is 0 Å². The van der Waals surface area contributed by atoms with E-state index in [1.807, 2.05) is 24.4 Å². The summed E-state index contributed by atoms with van der Waals surface area (Å²) in [6, 6.07) is 23.6. The van der Waals surface area contributed by atoms with E-state index < -0.39 is 0 Å². The fraction of sp³-hybridized carbons (Fsp3) is 0.227. The minimum Gasteiger partial charge on any atom is -0.256 e. The molecular weight excluding hydrogens is 300 g/mol. The van der Waals surface area contributed by atoms with Crippen LogP contribution in [0, 0.1) is 5.41 Å². The monoisotopic (exact) mass is 325 g/mol. The molecule has 0 aliphatic carbocycles. The first-order valence-corrected chi connectivity index (χ1v) is 8.91. The van der Waals surface area contributed by atoms with Gasteiger partial charge in [-0.05, 0) is 28.7 Å². The zero-order chi connectivity index (χ0) is 18.1. The van der Waals surface area contributed by atoms with E-state index in [-0.39, 0.29) is 10.6 Å². The van der Waals surface area contributed by atoms with Crippen LogP contribution >= 0.6 is 0 Å². The average Bonchev–Trinajstić information content (AvgIpc) is 2.62. The Kier molecular flexibility index (Phi) is 4.60. The van der Waals surface area contributed by atoms with Gasteiger partial charge in [0.1, 0.15) is 15.7 Å². The first-order chi connectivity index (χ1) is 11.8. The number of nitrogens with zero attached hydrogens (tertiary/aromatic N) is 1. The van der Waals surface area contributed by atoms with E-state index in [9.17, 15) is 0 Å². The molecule has 0 saturated heterocycles. The molecule has 124 valence electrons. The molecule has 3 rings (SSSR count). The first kappa shape index (κ1) is 17.5. The fourth-order valence-electron chi connectivity index (χ4n) is 2.89. The summed E-state index contributed by atoms with van der Waals surface area (Å²) in [5, 5.41) is 0.124. The fourth-order valence-corrected chi connectivity index (χ4v) is 2.89. The molecule has 1 heterocycles. The van der Waals surface area contributed by atoms with Crippen LogP contribution < -0.4 is 0 Å². The Morgan fingerprint density at radius 2 is 1.36 bits per heavy atom. The SMILES string of the molecule is BC(B)(c1ccc(-c2ccnc(-c3ccccc3)c2)cc1)C(C)(C)C. The van der Waals surface area contributed by atoms with Crippen LogP contribution in [0.25, 0.3) is 22.4 Å². The Bertz CT molecular complexity index is 847. The van der Waals surface area contributed by atoms with Crippen LogP contribution in [-0.2, 0) is 5.21 Å². The Morgan fingerprint density at radius 1 is 0.720 bits per heavy atom. The second kappa shape index (κ2) is 6.55. The van der Waals surface area contributed by atoms with Gasteiger partial charge in [-0.1, -0.05) is 86.1 Å². The summed E-state index contributed by atoms with van der Waals surface area (Å²) in [6.07, 6.45) is 1.89. The standard InChI is InChI=1S/C22H25B2N/c1-21(2,3)22(23,24)19-11-9-16(10-12-19)18-13-14-25-20(15-18)17-7-5-4-6-8-17/h4-15H,23-24H2,1-3H3. The van der Waals surface area contributed by atoms with Gasteiger partial charge in [0, 0.05) is 11.8 Å². The maximum Gasteiger partial charge on any atom is 0.105 e. The van der Waals surface area contributed by atoms with Crippen molar-refractivity contribution in [3.05, 3.63) is 78.5 Å². The Hall–Kier alpha value is -2.28. The van der Waals surface area contributed by atoms with Crippen LogP contribution in [0.5, 0.6) is 0 Å². The topological polar surface area (TPSA) is 12.9 Å². The van der Waals surface area contributed by atoms with Gasteiger partial charge in [-0.2, -0.15) is 0 Å². The molecule has 1 aromatic heterocycles. The molecule has 0 saturated carbocycles. The lowest BCUT2D eigenvalue weighted by Gasteiger charge is -2.40. The van der Waals surface area contributed by atoms with Gasteiger partial charge in [0.05, 0.1) is 5.69 Å². The average molecular weight is 325 g/mol. The lowest BCUT2D eigenvalue weighted by atomic mass is 9.41. The van der Waals surface area contributed by atoms with Gasteiger partial charge in [0.25, 0.3) is 0 Å². The van der Waals surface area contributed by atoms with Crippen molar-refractivity contribution in [2.75, 3.05) is 0 Å². The van der Waals surface area contributed by atoms with Crippen LogP contribution in [0.1, 0.15) is 26.3 Å². The van der Waals surface area contributed by atoms with Crippen molar-refractivity contribution in [3.8, 4) is 22.4 Å². The second-order valence-corrected chi connectivity index (χ2v) is 8.25. The zero-order valence-electron chi connectivity index (χ0n) is 15.9. The molecule has 0 N–H and O–H groups in total. The molecule has 2 aromatic carbocycles. The van der Waals surface area contributed by atoms with Crippen LogP contribution in [0.15, 0.2) is 72.9 Å². The predicted octanol–water partition coefficient (Wildman–Crippen LogP) is 3.88. The van der Waals surface area contributed by atoms with Gasteiger partial charge in [-0.25, -0.2) is 0 Å². The molecule has 0 fully saturated rings. The highest BCUT2D eigenvalue weighted by Gasteiger charge is 2.33. The molecule has 0 unspecified atom stereocenters. The largest absolute Gasteiger partial charge is 0.256 e. The normalized spacial score (nSPS) is 12.1. The van der Waals surface area contributed by atoms with Crippen LogP contribution in [0.3, 0.4) is 0 Å². The molecule has 0 atom stereocenters. The van der Waals surface area contributed by atoms with E-state index in [0.717, 1.165) is 11.3 Å². The summed E-state index contributed by atoms with van der Waals surface area (Å²) >= 11 is 0. The van der Waals surface area contributed by atoms with E-state index in [2.05, 4.69) is 90.0 Å². The molecule has 0 radical (unpaired) electrons. The third kappa shape index (κ3) is 3.56. The quantitative estimate of drug-likeness (QED) is 0.666. The Morgan fingerprint density at radius 3 is 1.96 bits per heavy atom. The van der Waals surface area contributed by atoms with Crippen LogP contribution in [0.2, 0.25) is 0 Å². The van der Waals surface area contributed by atoms with Crippen molar-refractivity contribution in [2.45, 2.75) is 26.0 Å². The first-order valence-electron chi connectivity index (χ1n) is 8.91. The smallest absolute Gasteiger partial charge is 0.105 e. The summed E-state index contributed by atoms with van der Waals surface area (Å²) in [5.74, 6) is 0. The number of aromatic nitrogens is 1. The molecular formula is C22H25B2N. The maximum absolute atomic E-state index is 4.52. The summed E-state index contributed by atoms with van der Waals surface area (Å²) in [4.78, 5) is 4.52. The molecule has 0 aliphatic rings. The van der Waals surface area contributed by atoms with E-state index >= 15 is 0 Å². The summed E-state index contributed by atoms with van der Waals surface area (Å²) in [6.45, 7) is 6.90. The maximum atomic E-state index is 4.52. The summed E-state index contributed by atoms with van der Waals surface area (Å²) in [5.41, 5.74) is 6.18. The van der Waals surface area contributed by atoms with Gasteiger partial charge < -0.3 is 0 Å². The molecule has 25 heavy (non-hydrogen) atoms. The van der Waals surface area contributed by atoms with Gasteiger partial charge in [-0.3, -0.25) is 4.98 Å². The number of hydrogen-bond donors (Lipinski definition) is 0. The molecule has 0 aliphatic heterocycles. The van der Waals surface area contributed by atoms with Crippen molar-refractivity contribution < 1.29 is 0 Å².